The van der Waals surface area contributed by atoms with E-state index in [1.54, 1.807) is 40.1 Å². The molecule has 8 aromatic rings. The molecule has 2 amide bonds. The summed E-state index contributed by atoms with van der Waals surface area (Å²) in [6.07, 6.45) is 0.481. The number of benzene rings is 8. The Balaban J connectivity index is 0.000000186. The molecule has 6 atom stereocenters. The van der Waals surface area contributed by atoms with Crippen molar-refractivity contribution in [3.63, 3.8) is 0 Å². The van der Waals surface area contributed by atoms with Crippen molar-refractivity contribution in [2.75, 3.05) is 9.80 Å². The summed E-state index contributed by atoms with van der Waals surface area (Å²) in [7, 11) is -8.82. The number of β-lactam (4-membered cyclic amide) rings is 2. The Bertz CT molecular complexity index is 3570. The van der Waals surface area contributed by atoms with Crippen molar-refractivity contribution in [3.05, 3.63) is 229 Å². The normalized spacial score (nSPS) is 18.2. The fourth-order valence-electron chi connectivity index (χ4n) is 10.1. The molecule has 6 N–H and O–H groups in total. The van der Waals surface area contributed by atoms with Crippen LogP contribution in [0.1, 0.15) is 72.2 Å². The first kappa shape index (κ1) is 52.9. The van der Waals surface area contributed by atoms with Gasteiger partial charge in [-0.05, 0) is 114 Å². The summed E-state index contributed by atoms with van der Waals surface area (Å²) < 4.78 is 64.5. The van der Waals surface area contributed by atoms with E-state index in [1.807, 2.05) is 140 Å². The second-order valence-electron chi connectivity index (χ2n) is 18.8. The Morgan fingerprint density at radius 1 is 0.421 bits per heavy atom. The van der Waals surface area contributed by atoms with E-state index >= 15 is 0 Å². The summed E-state index contributed by atoms with van der Waals surface area (Å²) in [5, 5.41) is 42.6. The number of carbonyl (C=O) groups excluding carboxylic acids is 2. The van der Waals surface area contributed by atoms with Crippen LogP contribution in [-0.4, -0.2) is 58.2 Å². The maximum atomic E-state index is 13.3. The number of carbonyl (C=O) groups is 2. The number of rotatable bonds is 16. The molecule has 14 nitrogen and oxygen atoms in total. The lowest BCUT2D eigenvalue weighted by atomic mass is 9.78. The van der Waals surface area contributed by atoms with Crippen molar-refractivity contribution in [2.24, 2.45) is 11.8 Å². The Morgan fingerprint density at radius 3 is 1.29 bits per heavy atom. The average molecular weight is 1060 g/mol. The molecule has 0 spiro atoms. The third-order valence-corrected chi connectivity index (χ3v) is 15.7. The maximum Gasteiger partial charge on any atom is 0.294 e. The number of para-hydroxylation sites is 2. The van der Waals surface area contributed by atoms with Gasteiger partial charge < -0.3 is 30.2 Å². The predicted octanol–water partition coefficient (Wildman–Crippen LogP) is 11.0. The molecule has 2 aliphatic heterocycles. The number of aromatic hydroxyl groups is 2. The van der Waals surface area contributed by atoms with Crippen LogP contribution in [0.2, 0.25) is 0 Å². The highest BCUT2D eigenvalue weighted by Gasteiger charge is 2.49. The van der Waals surface area contributed by atoms with E-state index in [9.17, 15) is 56.0 Å². The lowest BCUT2D eigenvalue weighted by Gasteiger charge is -2.48. The molecule has 0 saturated carbocycles. The molecule has 8 aromatic carbocycles. The topological polar surface area (TPSA) is 230 Å². The summed E-state index contributed by atoms with van der Waals surface area (Å²) in [6.45, 7) is 0. The summed E-state index contributed by atoms with van der Waals surface area (Å²) in [5.41, 5.74) is 6.67. The van der Waals surface area contributed by atoms with Gasteiger partial charge >= 0.3 is 0 Å². The van der Waals surface area contributed by atoms with Gasteiger partial charge in [0.25, 0.3) is 20.2 Å². The molecule has 0 bridgehead atoms. The van der Waals surface area contributed by atoms with Crippen LogP contribution < -0.4 is 9.80 Å². The molecule has 0 aliphatic carbocycles. The zero-order valence-corrected chi connectivity index (χ0v) is 42.4. The fourth-order valence-corrected chi connectivity index (χ4v) is 11.1. The highest BCUT2D eigenvalue weighted by Crippen LogP contribution is 2.49. The second kappa shape index (κ2) is 22.5. The Kier molecular flexibility index (Phi) is 15.6. The second-order valence-corrected chi connectivity index (χ2v) is 21.6. The van der Waals surface area contributed by atoms with E-state index in [4.69, 9.17) is 0 Å². The number of nitrogens with zero attached hydrogens (tertiary/aromatic N) is 2. The third kappa shape index (κ3) is 11.5. The van der Waals surface area contributed by atoms with Crippen molar-refractivity contribution in [1.82, 2.24) is 0 Å². The van der Waals surface area contributed by atoms with Gasteiger partial charge in [0.1, 0.15) is 11.5 Å². The molecule has 16 heteroatoms. The number of hydrogen-bond donors (Lipinski definition) is 6. The zero-order valence-electron chi connectivity index (χ0n) is 40.8. The first-order valence-corrected chi connectivity index (χ1v) is 27.4. The number of hydrogen-bond acceptors (Lipinski definition) is 10. The van der Waals surface area contributed by atoms with Gasteiger partial charge in [-0.3, -0.25) is 18.7 Å². The van der Waals surface area contributed by atoms with E-state index in [-0.39, 0.29) is 57.0 Å². The van der Waals surface area contributed by atoms with Crippen LogP contribution >= 0.6 is 0 Å². The van der Waals surface area contributed by atoms with Gasteiger partial charge in [-0.2, -0.15) is 16.8 Å². The number of phenols is 2. The molecule has 2 fully saturated rings. The molecule has 76 heavy (non-hydrogen) atoms. The first-order valence-electron chi connectivity index (χ1n) is 24.5. The maximum absolute atomic E-state index is 13.3. The monoisotopic (exact) mass is 1060 g/mol. The number of amides is 2. The summed E-state index contributed by atoms with van der Waals surface area (Å²) in [6, 6.07) is 58.7. The third-order valence-electron chi connectivity index (χ3n) is 14.0. The van der Waals surface area contributed by atoms with E-state index in [1.165, 1.54) is 30.3 Å². The largest absolute Gasteiger partial charge is 0.507 e. The van der Waals surface area contributed by atoms with E-state index < -0.39 is 32.4 Å². The minimum atomic E-state index is -4.43. The van der Waals surface area contributed by atoms with Crippen LogP contribution in [0, 0.1) is 11.8 Å². The molecule has 2 aliphatic rings. The molecular weight excluding hydrogens is 1000 g/mol. The van der Waals surface area contributed by atoms with Crippen molar-refractivity contribution >= 4 is 43.4 Å². The van der Waals surface area contributed by atoms with Crippen molar-refractivity contribution in [1.29, 1.82) is 0 Å². The van der Waals surface area contributed by atoms with E-state index in [0.29, 0.717) is 47.9 Å². The van der Waals surface area contributed by atoms with Gasteiger partial charge in [0.05, 0.1) is 45.9 Å². The standard InChI is InChI=1S/2C30H27NO6S/c32-27(20-8-3-1-4-9-20)17-16-26-29(31(30(26)34)23-11-5-2-6-12-23)22-14-15-25(28(33)19-22)21-10-7-13-24(18-21)38(35,36)37;32-27(21-7-3-1-4-8-21)18-17-26-29(31(30(26)34)23-9-5-2-6-10-23)22-13-11-20(12-14-22)25-16-15-24(19-28(25)33)38(35,36)37/h1-15,18-19,26-27,29,32-33H,16-17H2,(H,35,36,37);1-16,19,26-27,29,32-33H,17-18H2,(H,35,36,37)/t2*26-,27+,29-/m11/s1. The summed E-state index contributed by atoms with van der Waals surface area (Å²) in [4.78, 5) is 29.4. The number of anilines is 2. The Labute approximate surface area is 440 Å². The fraction of sp³-hybridized carbons (Fsp3) is 0.167. The summed E-state index contributed by atoms with van der Waals surface area (Å²) >= 11 is 0. The van der Waals surface area contributed by atoms with Gasteiger partial charge in [0.15, 0.2) is 0 Å². The Morgan fingerprint density at radius 2 is 0.829 bits per heavy atom. The summed E-state index contributed by atoms with van der Waals surface area (Å²) in [5.74, 6) is -1.09. The van der Waals surface area contributed by atoms with Crippen molar-refractivity contribution in [2.45, 2.75) is 59.8 Å². The molecule has 0 radical (unpaired) electrons. The van der Waals surface area contributed by atoms with Gasteiger partial charge in [-0.1, -0.05) is 146 Å². The van der Waals surface area contributed by atoms with Crippen molar-refractivity contribution < 1.29 is 56.0 Å². The van der Waals surface area contributed by atoms with Crippen LogP contribution in [0.5, 0.6) is 11.5 Å². The SMILES string of the molecule is O=C1[C@H](CC[C@H](O)c2ccccc2)[C@@H](c2ccc(-c3ccc(S(=O)(=O)O)cc3O)cc2)N1c1ccccc1.O=C1[C@H](CC[C@H](O)c2ccccc2)[C@@H](c2ccc(-c3cccc(S(=O)(=O)O)c3)c(O)c2)N1c1ccccc1. The molecule has 2 saturated heterocycles. The van der Waals surface area contributed by atoms with Crippen LogP contribution in [-0.2, 0) is 29.8 Å². The van der Waals surface area contributed by atoms with Crippen LogP contribution in [0.25, 0.3) is 22.3 Å². The van der Waals surface area contributed by atoms with Gasteiger partial charge in [0, 0.05) is 28.6 Å². The lowest BCUT2D eigenvalue weighted by molar-refractivity contribution is -0.131. The average Bonchev–Trinajstić information content (AvgIpc) is 3.50. The molecule has 0 unspecified atom stereocenters. The molecule has 10 rings (SSSR count). The quantitative estimate of drug-likeness (QED) is 0.0392. The number of phenolic OH excluding ortho intramolecular Hbond substituents is 2. The molecule has 388 valence electrons. The highest BCUT2D eigenvalue weighted by atomic mass is 32.2. The smallest absolute Gasteiger partial charge is 0.294 e. The van der Waals surface area contributed by atoms with Crippen LogP contribution in [0.4, 0.5) is 11.4 Å². The van der Waals surface area contributed by atoms with Crippen LogP contribution in [0.3, 0.4) is 0 Å². The first-order chi connectivity index (χ1) is 36.5. The minimum Gasteiger partial charge on any atom is -0.507 e. The molecule has 2 heterocycles. The zero-order chi connectivity index (χ0) is 53.7. The predicted molar refractivity (Wildman–Crippen MR) is 288 cm³/mol. The van der Waals surface area contributed by atoms with Crippen LogP contribution in [0.15, 0.2) is 216 Å². The Hall–Kier alpha value is -7.96. The van der Waals surface area contributed by atoms with E-state index in [0.717, 1.165) is 39.7 Å². The molecule has 0 aromatic heterocycles. The van der Waals surface area contributed by atoms with E-state index in [2.05, 4.69) is 0 Å². The van der Waals surface area contributed by atoms with Gasteiger partial charge in [0.2, 0.25) is 11.8 Å². The van der Waals surface area contributed by atoms with Gasteiger partial charge in [-0.25, -0.2) is 0 Å². The lowest BCUT2D eigenvalue weighted by Crippen LogP contribution is -2.55. The van der Waals surface area contributed by atoms with Gasteiger partial charge in [-0.15, -0.1) is 0 Å². The number of aliphatic hydroxyl groups is 2. The van der Waals surface area contributed by atoms with Crippen molar-refractivity contribution in [3.8, 4) is 33.8 Å². The number of aliphatic hydroxyl groups excluding tert-OH is 2. The highest BCUT2D eigenvalue weighted by molar-refractivity contribution is 7.86. The molecular formula is C60H54N2O12S2. The minimum absolute atomic E-state index is 0.00369.